The first kappa shape index (κ1) is 74.3. The number of nitrogens with zero attached hydrogens (tertiary/aromatic N) is 2. The molecule has 0 unspecified atom stereocenters. The summed E-state index contributed by atoms with van der Waals surface area (Å²) >= 11 is 14.5. The summed E-state index contributed by atoms with van der Waals surface area (Å²) in [5, 5.41) is 47.1. The molecule has 0 aromatic heterocycles. The van der Waals surface area contributed by atoms with E-state index in [1.54, 1.807) is 40.2 Å². The number of fused-ring (bicyclic) bond motifs is 1. The topological polar surface area (TPSA) is 228 Å². The fourth-order valence-corrected chi connectivity index (χ4v) is 6.88. The van der Waals surface area contributed by atoms with Crippen molar-refractivity contribution in [1.29, 1.82) is 0 Å². The number of nitrogens with one attached hydrogen (secondary N) is 1. The Bertz CT molecular complexity index is 1660. The number of methoxy groups -OCH3 is 3. The van der Waals surface area contributed by atoms with Crippen LogP contribution in [0.1, 0.15) is 31.1 Å². The van der Waals surface area contributed by atoms with E-state index < -0.39 is 19.7 Å². The third-order valence-electron chi connectivity index (χ3n) is 7.03. The first-order valence-corrected chi connectivity index (χ1v) is 21.7. The number of alkyl carbamates (subject to hydrolysis) is 1. The van der Waals surface area contributed by atoms with Crippen LogP contribution >= 0.6 is 58.5 Å². The van der Waals surface area contributed by atoms with Crippen LogP contribution < -0.4 is 148 Å². The number of thioether (sulfide) groups is 3. The van der Waals surface area contributed by atoms with E-state index in [4.69, 9.17) is 58.4 Å². The van der Waals surface area contributed by atoms with Crippen LogP contribution in [-0.4, -0.2) is 133 Å². The summed E-state index contributed by atoms with van der Waals surface area (Å²) in [5.41, 5.74) is 3.71. The van der Waals surface area contributed by atoms with Crippen LogP contribution in [0.25, 0.3) is 0 Å². The molecule has 3 aromatic carbocycles. The van der Waals surface area contributed by atoms with Gasteiger partial charge >= 0.3 is 164 Å². The summed E-state index contributed by atoms with van der Waals surface area (Å²) in [7, 11) is 0.354. The van der Waals surface area contributed by atoms with Crippen molar-refractivity contribution in [2.24, 2.45) is 0 Å². The van der Waals surface area contributed by atoms with Gasteiger partial charge in [0.1, 0.15) is 6.73 Å². The molecule has 0 spiro atoms. The third-order valence-corrected chi connectivity index (χ3v) is 10.1. The SMILES string of the molecule is C.COC(=O)N(CO)CCSc1ccc(CO)cc1.COC(=O)N1CCSc2ccc(CO)cc2C1.COC(=O)NCCSc1ccc(CO)cc1.ClCCl.FB(F)F.O=CO[O-].[Cs+].[Cs+].[H-]. The Balaban J connectivity index is -0.000000179. The number of alkyl halides is 2. The molecule has 27 heteroatoms. The van der Waals surface area contributed by atoms with Gasteiger partial charge in [0.15, 0.2) is 0 Å². The molecular weight excluding hydrogens is 1210 g/mol. The van der Waals surface area contributed by atoms with E-state index >= 15 is 0 Å². The van der Waals surface area contributed by atoms with Crippen LogP contribution in [0.15, 0.2) is 81.4 Å². The number of carbonyl (C=O) groups is 4. The molecule has 358 valence electrons. The van der Waals surface area contributed by atoms with E-state index in [0.29, 0.717) is 31.9 Å². The van der Waals surface area contributed by atoms with Crippen LogP contribution in [0, 0.1) is 0 Å². The maximum absolute atomic E-state index is 11.5. The van der Waals surface area contributed by atoms with E-state index in [1.807, 2.05) is 66.7 Å². The Labute approximate surface area is 520 Å². The number of carbonyl (C=O) groups excluding carboxylic acids is 4. The van der Waals surface area contributed by atoms with Crippen molar-refractivity contribution >= 4 is 90.8 Å². The number of rotatable bonds is 13. The number of halogens is 5. The van der Waals surface area contributed by atoms with Crippen molar-refractivity contribution in [1.82, 2.24) is 15.1 Å². The molecule has 3 aromatic rings. The second-order valence-corrected chi connectivity index (χ2v) is 15.3. The van der Waals surface area contributed by atoms with Crippen LogP contribution in [0.5, 0.6) is 0 Å². The molecule has 4 rings (SSSR count). The second kappa shape index (κ2) is 50.7. The molecule has 5 N–H and O–H groups in total. The second-order valence-electron chi connectivity index (χ2n) is 11.0. The normalized spacial score (nSPS) is 10.2. The minimum absolute atomic E-state index is 0. The molecule has 0 bridgehead atoms. The summed E-state index contributed by atoms with van der Waals surface area (Å²) in [4.78, 5) is 50.9. The van der Waals surface area contributed by atoms with Gasteiger partial charge in [-0.2, -0.15) is 0 Å². The van der Waals surface area contributed by atoms with Gasteiger partial charge in [-0.3, -0.25) is 22.6 Å². The standard InChI is InChI=1S/C12H17NO4S.C12H15NO3S.C11H15NO3S.CH2Cl2.CH2O3.CH4.BF3.2Cs.H/c1-17-12(16)13(9-15)6-7-18-11-4-2-10(8-14)3-5-11;1-16-12(15)13-4-5-17-11-3-2-9(8-14)6-10(11)7-13;1-15-11(14)12-6-7-16-10-4-2-9(8-13)3-5-10;2-1-3;2-1-4-3;;2-1(3)4;;;/h2-5,14-15H,6-9H2,1H3;2-3,6,14H,4-5,7-8H2,1H3;2-5,13H,6-8H2,1H3,(H,12,14);1H2;1,3H;1H4;;;;/q;;;;;;;2*+1;-1/p-1. The minimum atomic E-state index is -3.67. The van der Waals surface area contributed by atoms with Gasteiger partial charge in [-0.05, 0) is 52.6 Å². The maximum Gasteiger partial charge on any atom is 1.00 e. The number of aliphatic hydroxyl groups excluding tert-OH is 4. The van der Waals surface area contributed by atoms with Crippen molar-refractivity contribution in [2.75, 3.05) is 70.3 Å². The van der Waals surface area contributed by atoms with Gasteiger partial charge in [0.05, 0.1) is 53.0 Å². The molecule has 0 aliphatic carbocycles. The predicted molar refractivity (Wildman–Crippen MR) is 239 cm³/mol. The molecule has 1 aliphatic rings. The zero-order valence-electron chi connectivity index (χ0n) is 37.0. The molecule has 0 fully saturated rings. The molecule has 0 saturated heterocycles. The predicted octanol–water partition coefficient (Wildman–Crippen LogP) is 0.262. The van der Waals surface area contributed by atoms with Crippen molar-refractivity contribution in [3.05, 3.63) is 89.0 Å². The molecule has 16 nitrogen and oxygen atoms in total. The molecule has 0 radical (unpaired) electrons. The number of aliphatic hydroxyl groups is 4. The first-order chi connectivity index (χ1) is 29.8. The molecule has 1 heterocycles. The fourth-order valence-electron chi connectivity index (χ4n) is 4.23. The van der Waals surface area contributed by atoms with Crippen LogP contribution in [-0.2, 0) is 50.3 Å². The Morgan fingerprint density at radius 2 is 1.32 bits per heavy atom. The number of ether oxygens (including phenoxy) is 3. The summed E-state index contributed by atoms with van der Waals surface area (Å²) in [6.07, 6.45) is -1.24. The zero-order chi connectivity index (χ0) is 47.1. The smallest absolute Gasteiger partial charge is 1.00 e. The molecule has 3 amide bonds. The molecule has 0 atom stereocenters. The average molecular weight is 1260 g/mol. The summed E-state index contributed by atoms with van der Waals surface area (Å²) in [5.74, 6) is 2.31. The average Bonchev–Trinajstić information content (AvgIpc) is 3.52. The minimum Gasteiger partial charge on any atom is -1.00 e. The van der Waals surface area contributed by atoms with Gasteiger partial charge in [-0.15, -0.1) is 58.5 Å². The Morgan fingerprint density at radius 3 is 1.72 bits per heavy atom. The molecule has 1 aliphatic heterocycles. The fraction of sp³-hybridized carbons (Fsp3) is 0.421. The van der Waals surface area contributed by atoms with Gasteiger partial charge in [-0.1, -0.05) is 43.8 Å². The summed E-state index contributed by atoms with van der Waals surface area (Å²) in [6.45, 7) is 1.80. The van der Waals surface area contributed by atoms with Crippen LogP contribution in [0.2, 0.25) is 0 Å². The van der Waals surface area contributed by atoms with Crippen molar-refractivity contribution in [2.45, 2.75) is 48.5 Å². The van der Waals surface area contributed by atoms with E-state index in [2.05, 4.69) is 19.7 Å². The van der Waals surface area contributed by atoms with E-state index in [0.717, 1.165) is 43.6 Å². The largest absolute Gasteiger partial charge is 1.00 e. The van der Waals surface area contributed by atoms with Gasteiger partial charge in [0, 0.05) is 51.6 Å². The number of benzene rings is 3. The number of amides is 3. The van der Waals surface area contributed by atoms with E-state index in [1.165, 1.54) is 31.1 Å². The van der Waals surface area contributed by atoms with Crippen LogP contribution in [0.4, 0.5) is 27.3 Å². The third kappa shape index (κ3) is 39.7. The summed E-state index contributed by atoms with van der Waals surface area (Å²) < 4.78 is 42.7. The summed E-state index contributed by atoms with van der Waals surface area (Å²) in [6, 6.07) is 21.1. The Kier molecular flexibility index (Phi) is 57.9. The van der Waals surface area contributed by atoms with E-state index in [-0.39, 0.29) is 191 Å². The van der Waals surface area contributed by atoms with Crippen molar-refractivity contribution < 1.29 is 216 Å². The van der Waals surface area contributed by atoms with Crippen molar-refractivity contribution in [3.8, 4) is 0 Å². The molecule has 65 heavy (non-hydrogen) atoms. The van der Waals surface area contributed by atoms with Gasteiger partial charge in [-0.25, -0.2) is 14.4 Å². The zero-order valence-corrected chi connectivity index (χ0v) is 52.5. The first-order valence-electron chi connectivity index (χ1n) is 17.6. The molecular formula is C38H55BCl2Cs2F3N3O13S3. The van der Waals surface area contributed by atoms with Gasteiger partial charge < -0.3 is 56.4 Å². The van der Waals surface area contributed by atoms with Gasteiger partial charge in [0.2, 0.25) is 0 Å². The molecule has 0 saturated carbocycles. The van der Waals surface area contributed by atoms with Crippen molar-refractivity contribution in [3.63, 3.8) is 0 Å². The van der Waals surface area contributed by atoms with E-state index in [9.17, 15) is 27.3 Å². The Hall–Kier alpha value is 0.329. The van der Waals surface area contributed by atoms with Gasteiger partial charge in [0.25, 0.3) is 6.47 Å². The number of hydrogen-bond acceptors (Lipinski definition) is 16. The Morgan fingerprint density at radius 1 is 0.862 bits per heavy atom. The quantitative estimate of drug-likeness (QED) is 0.0178. The van der Waals surface area contributed by atoms with Crippen LogP contribution in [0.3, 0.4) is 0 Å². The maximum atomic E-state index is 11.5. The monoisotopic (exact) mass is 1260 g/mol. The number of hydrogen-bond donors (Lipinski definition) is 5.